The molecule has 1 aliphatic carbocycles. The Morgan fingerprint density at radius 2 is 1.75 bits per heavy atom. The molecule has 3 N–H and O–H groups in total. The first-order chi connectivity index (χ1) is 9.20. The van der Waals surface area contributed by atoms with Crippen LogP contribution in [0.15, 0.2) is 29.2 Å². The molecule has 0 radical (unpaired) electrons. The van der Waals surface area contributed by atoms with Crippen LogP contribution in [-0.4, -0.2) is 20.5 Å². The van der Waals surface area contributed by atoms with E-state index in [0.717, 1.165) is 24.8 Å². The molecular weight excluding hydrogens is 272 g/mol. The van der Waals surface area contributed by atoms with E-state index in [0.29, 0.717) is 4.90 Å². The van der Waals surface area contributed by atoms with Crippen LogP contribution in [0.5, 0.6) is 0 Å². The van der Waals surface area contributed by atoms with Gasteiger partial charge in [0.25, 0.3) is 0 Å². The average Bonchev–Trinajstić information content (AvgIpc) is 2.73. The van der Waals surface area contributed by atoms with E-state index in [1.165, 1.54) is 0 Å². The monoisotopic (exact) mass is 296 g/mol. The number of rotatable bonds is 3. The fourth-order valence-electron chi connectivity index (χ4n) is 2.54. The fourth-order valence-corrected chi connectivity index (χ4v) is 3.86. The van der Waals surface area contributed by atoms with Gasteiger partial charge in [-0.2, -0.15) is 0 Å². The van der Waals surface area contributed by atoms with Crippen LogP contribution < -0.4 is 10.5 Å². The standard InChI is InChI=1S/C15H24N2O2S/c1-15(2,3)11-7-9-12(10-8-11)20(18,19)17-14-6-4-5-13(14)16/h7-10,13-14,17H,4-6,16H2,1-3H3. The molecule has 1 aromatic rings. The van der Waals surface area contributed by atoms with Crippen molar-refractivity contribution in [3.63, 3.8) is 0 Å². The highest BCUT2D eigenvalue weighted by Gasteiger charge is 2.28. The van der Waals surface area contributed by atoms with Crippen LogP contribution in [0, 0.1) is 0 Å². The highest BCUT2D eigenvalue weighted by molar-refractivity contribution is 7.89. The molecule has 0 heterocycles. The van der Waals surface area contributed by atoms with Crippen molar-refractivity contribution in [1.29, 1.82) is 0 Å². The lowest BCUT2D eigenvalue weighted by Gasteiger charge is -2.20. The number of hydrogen-bond acceptors (Lipinski definition) is 3. The second kappa shape index (κ2) is 5.47. The smallest absolute Gasteiger partial charge is 0.240 e. The Hall–Kier alpha value is -0.910. The Balaban J connectivity index is 2.17. The van der Waals surface area contributed by atoms with Crippen molar-refractivity contribution in [1.82, 2.24) is 4.72 Å². The summed E-state index contributed by atoms with van der Waals surface area (Å²) in [4.78, 5) is 0.310. The molecule has 0 aromatic heterocycles. The van der Waals surface area contributed by atoms with Crippen LogP contribution in [0.1, 0.15) is 45.6 Å². The van der Waals surface area contributed by atoms with Gasteiger partial charge in [0, 0.05) is 12.1 Å². The first kappa shape index (κ1) is 15.5. The maximum Gasteiger partial charge on any atom is 0.240 e. The van der Waals surface area contributed by atoms with Crippen molar-refractivity contribution < 1.29 is 8.42 Å². The third-order valence-corrected chi connectivity index (χ3v) is 5.41. The molecule has 0 spiro atoms. The predicted octanol–water partition coefficient (Wildman–Crippen LogP) is 2.14. The van der Waals surface area contributed by atoms with Gasteiger partial charge < -0.3 is 5.73 Å². The zero-order chi connectivity index (χ0) is 15.0. The fraction of sp³-hybridized carbons (Fsp3) is 0.600. The Morgan fingerprint density at radius 1 is 1.15 bits per heavy atom. The van der Waals surface area contributed by atoms with Crippen molar-refractivity contribution in [3.05, 3.63) is 29.8 Å². The number of benzene rings is 1. The van der Waals surface area contributed by atoms with Crippen molar-refractivity contribution in [2.45, 2.75) is 62.4 Å². The zero-order valence-electron chi connectivity index (χ0n) is 12.4. The molecule has 20 heavy (non-hydrogen) atoms. The van der Waals surface area contributed by atoms with E-state index in [1.807, 2.05) is 12.1 Å². The van der Waals surface area contributed by atoms with Crippen LogP contribution in [0.25, 0.3) is 0 Å². The molecule has 1 aromatic carbocycles. The van der Waals surface area contributed by atoms with Gasteiger partial charge >= 0.3 is 0 Å². The Morgan fingerprint density at radius 3 is 2.20 bits per heavy atom. The molecular formula is C15H24N2O2S. The van der Waals surface area contributed by atoms with E-state index in [-0.39, 0.29) is 17.5 Å². The van der Waals surface area contributed by atoms with Gasteiger partial charge in [-0.1, -0.05) is 39.3 Å². The first-order valence-electron chi connectivity index (χ1n) is 7.08. The average molecular weight is 296 g/mol. The summed E-state index contributed by atoms with van der Waals surface area (Å²) in [6.45, 7) is 6.31. The van der Waals surface area contributed by atoms with E-state index in [4.69, 9.17) is 5.73 Å². The Bertz CT molecular complexity index is 559. The highest BCUT2D eigenvalue weighted by atomic mass is 32.2. The maximum atomic E-state index is 12.3. The maximum absolute atomic E-state index is 12.3. The third kappa shape index (κ3) is 3.40. The number of nitrogens with two attached hydrogens (primary N) is 1. The summed E-state index contributed by atoms with van der Waals surface area (Å²) in [5.74, 6) is 0. The molecule has 2 rings (SSSR count). The van der Waals surface area contributed by atoms with Crippen LogP contribution in [0.2, 0.25) is 0 Å². The van der Waals surface area contributed by atoms with Gasteiger partial charge in [0.1, 0.15) is 0 Å². The molecule has 5 heteroatoms. The lowest BCUT2D eigenvalue weighted by molar-refractivity contribution is 0.522. The van der Waals surface area contributed by atoms with Gasteiger partial charge in [-0.15, -0.1) is 0 Å². The SMILES string of the molecule is CC(C)(C)c1ccc(S(=O)(=O)NC2CCCC2N)cc1. The van der Waals surface area contributed by atoms with Crippen LogP contribution in [-0.2, 0) is 15.4 Å². The minimum atomic E-state index is -3.47. The Kier molecular flexibility index (Phi) is 4.23. The van der Waals surface area contributed by atoms with Crippen LogP contribution >= 0.6 is 0 Å². The van der Waals surface area contributed by atoms with Gasteiger partial charge in [-0.3, -0.25) is 0 Å². The molecule has 1 saturated carbocycles. The molecule has 4 nitrogen and oxygen atoms in total. The quantitative estimate of drug-likeness (QED) is 0.897. The number of hydrogen-bond donors (Lipinski definition) is 2. The number of sulfonamides is 1. The Labute approximate surface area is 121 Å². The van der Waals surface area contributed by atoms with Crippen molar-refractivity contribution in [3.8, 4) is 0 Å². The molecule has 1 aliphatic rings. The van der Waals surface area contributed by atoms with E-state index in [2.05, 4.69) is 25.5 Å². The highest BCUT2D eigenvalue weighted by Crippen LogP contribution is 2.24. The lowest BCUT2D eigenvalue weighted by Crippen LogP contribution is -2.43. The summed E-state index contributed by atoms with van der Waals surface area (Å²) < 4.78 is 27.4. The van der Waals surface area contributed by atoms with Crippen molar-refractivity contribution >= 4 is 10.0 Å². The second-order valence-electron chi connectivity index (χ2n) is 6.60. The minimum absolute atomic E-state index is 0.0174. The van der Waals surface area contributed by atoms with Gasteiger partial charge in [-0.05, 0) is 36.0 Å². The van der Waals surface area contributed by atoms with Gasteiger partial charge in [0.15, 0.2) is 0 Å². The summed E-state index contributed by atoms with van der Waals surface area (Å²) >= 11 is 0. The predicted molar refractivity (Wildman–Crippen MR) is 81.1 cm³/mol. The van der Waals surface area contributed by atoms with Gasteiger partial charge in [-0.25, -0.2) is 13.1 Å². The van der Waals surface area contributed by atoms with E-state index >= 15 is 0 Å². The number of nitrogens with one attached hydrogen (secondary N) is 1. The van der Waals surface area contributed by atoms with E-state index in [1.54, 1.807) is 12.1 Å². The molecule has 2 unspecified atom stereocenters. The van der Waals surface area contributed by atoms with Crippen molar-refractivity contribution in [2.75, 3.05) is 0 Å². The minimum Gasteiger partial charge on any atom is -0.326 e. The zero-order valence-corrected chi connectivity index (χ0v) is 13.2. The van der Waals surface area contributed by atoms with Crippen molar-refractivity contribution in [2.24, 2.45) is 5.73 Å². The summed E-state index contributed by atoms with van der Waals surface area (Å²) in [5.41, 5.74) is 7.06. The summed E-state index contributed by atoms with van der Waals surface area (Å²) in [6, 6.07) is 6.89. The van der Waals surface area contributed by atoms with Crippen LogP contribution in [0.4, 0.5) is 0 Å². The summed E-state index contributed by atoms with van der Waals surface area (Å²) in [6.07, 6.45) is 2.69. The van der Waals surface area contributed by atoms with Gasteiger partial charge in [0.2, 0.25) is 10.0 Å². The third-order valence-electron chi connectivity index (χ3n) is 3.91. The normalized spacial score (nSPS) is 24.0. The van der Waals surface area contributed by atoms with Crippen LogP contribution in [0.3, 0.4) is 0 Å². The summed E-state index contributed by atoms with van der Waals surface area (Å²) in [5, 5.41) is 0. The molecule has 0 bridgehead atoms. The molecule has 0 amide bonds. The molecule has 0 saturated heterocycles. The summed E-state index contributed by atoms with van der Waals surface area (Å²) in [7, 11) is -3.47. The molecule has 0 aliphatic heterocycles. The lowest BCUT2D eigenvalue weighted by atomic mass is 9.87. The molecule has 2 atom stereocenters. The van der Waals surface area contributed by atoms with Gasteiger partial charge in [0.05, 0.1) is 4.90 Å². The first-order valence-corrected chi connectivity index (χ1v) is 8.57. The largest absolute Gasteiger partial charge is 0.326 e. The van der Waals surface area contributed by atoms with E-state index in [9.17, 15) is 8.42 Å². The topological polar surface area (TPSA) is 72.2 Å². The van der Waals surface area contributed by atoms with E-state index < -0.39 is 10.0 Å². The second-order valence-corrected chi connectivity index (χ2v) is 8.31. The molecule has 112 valence electrons. The molecule has 1 fully saturated rings.